The summed E-state index contributed by atoms with van der Waals surface area (Å²) in [6.07, 6.45) is 4.62. The predicted octanol–water partition coefficient (Wildman–Crippen LogP) is 6.20. The average Bonchev–Trinajstić information content (AvgIpc) is 3.10. The maximum absolute atomic E-state index is 6.53. The van der Waals surface area contributed by atoms with Gasteiger partial charge >= 0.3 is 0 Å². The lowest BCUT2D eigenvalue weighted by Crippen LogP contribution is -2.00. The SMILES string of the molecule is Cc1ccc(-n2nc3c(c2-c2ccc(Br)s2)CCCC3)c(Cl)c1. The van der Waals surface area contributed by atoms with Crippen LogP contribution in [0.1, 0.15) is 29.7 Å². The molecule has 118 valence electrons. The van der Waals surface area contributed by atoms with E-state index >= 15 is 0 Å². The van der Waals surface area contributed by atoms with Crippen LogP contribution in [0.4, 0.5) is 0 Å². The molecule has 0 N–H and O–H groups in total. The molecule has 0 atom stereocenters. The maximum Gasteiger partial charge on any atom is 0.0876 e. The quantitative estimate of drug-likeness (QED) is 0.494. The van der Waals surface area contributed by atoms with Gasteiger partial charge in [0.2, 0.25) is 0 Å². The van der Waals surface area contributed by atoms with Crippen molar-refractivity contribution >= 4 is 38.9 Å². The van der Waals surface area contributed by atoms with Crippen LogP contribution >= 0.6 is 38.9 Å². The summed E-state index contributed by atoms with van der Waals surface area (Å²) in [7, 11) is 0. The molecule has 0 saturated carbocycles. The van der Waals surface area contributed by atoms with E-state index in [9.17, 15) is 0 Å². The number of thiophene rings is 1. The first kappa shape index (κ1) is 15.4. The van der Waals surface area contributed by atoms with Crippen molar-refractivity contribution in [2.24, 2.45) is 0 Å². The summed E-state index contributed by atoms with van der Waals surface area (Å²) in [5, 5.41) is 5.67. The number of aromatic nitrogens is 2. The van der Waals surface area contributed by atoms with E-state index in [0.29, 0.717) is 0 Å². The first-order valence-corrected chi connectivity index (χ1v) is 9.75. The van der Waals surface area contributed by atoms with E-state index in [0.717, 1.165) is 32.9 Å². The van der Waals surface area contributed by atoms with Gasteiger partial charge in [-0.1, -0.05) is 17.7 Å². The second kappa shape index (κ2) is 6.08. The maximum atomic E-state index is 6.53. The van der Waals surface area contributed by atoms with Crippen molar-refractivity contribution in [1.29, 1.82) is 0 Å². The van der Waals surface area contributed by atoms with Crippen molar-refractivity contribution in [3.63, 3.8) is 0 Å². The van der Waals surface area contributed by atoms with Gasteiger partial charge in [0.15, 0.2) is 0 Å². The van der Waals surface area contributed by atoms with Crippen molar-refractivity contribution < 1.29 is 0 Å². The molecule has 23 heavy (non-hydrogen) atoms. The fourth-order valence-corrected chi connectivity index (χ4v) is 4.97. The summed E-state index contributed by atoms with van der Waals surface area (Å²) in [4.78, 5) is 1.24. The van der Waals surface area contributed by atoms with Gasteiger partial charge in [0.1, 0.15) is 0 Å². The summed E-state index contributed by atoms with van der Waals surface area (Å²) in [5.74, 6) is 0. The Bertz CT molecular complexity index is 881. The Morgan fingerprint density at radius 3 is 2.74 bits per heavy atom. The molecule has 2 heterocycles. The molecule has 0 amide bonds. The normalized spacial score (nSPS) is 14.0. The van der Waals surface area contributed by atoms with E-state index in [-0.39, 0.29) is 0 Å². The van der Waals surface area contributed by atoms with E-state index in [4.69, 9.17) is 16.7 Å². The number of aryl methyl sites for hydroxylation is 2. The molecule has 1 aromatic carbocycles. The van der Waals surface area contributed by atoms with Crippen molar-refractivity contribution in [3.8, 4) is 16.3 Å². The number of benzene rings is 1. The largest absolute Gasteiger partial charge is 0.230 e. The number of halogens is 2. The van der Waals surface area contributed by atoms with Crippen molar-refractivity contribution in [3.05, 3.63) is 56.0 Å². The Hall–Kier alpha value is -1.10. The van der Waals surface area contributed by atoms with Gasteiger partial charge in [0.25, 0.3) is 0 Å². The molecule has 0 bridgehead atoms. The van der Waals surface area contributed by atoms with E-state index in [1.165, 1.54) is 34.7 Å². The molecular formula is C18H16BrClN2S. The number of hydrogen-bond donors (Lipinski definition) is 0. The highest BCUT2D eigenvalue weighted by atomic mass is 79.9. The molecular weight excluding hydrogens is 392 g/mol. The monoisotopic (exact) mass is 406 g/mol. The minimum atomic E-state index is 0.752. The molecule has 2 nitrogen and oxygen atoms in total. The molecule has 0 spiro atoms. The molecule has 0 radical (unpaired) electrons. The van der Waals surface area contributed by atoms with Gasteiger partial charge < -0.3 is 0 Å². The van der Waals surface area contributed by atoms with Crippen molar-refractivity contribution in [2.75, 3.05) is 0 Å². The second-order valence-electron chi connectivity index (χ2n) is 5.95. The first-order chi connectivity index (χ1) is 11.1. The highest BCUT2D eigenvalue weighted by molar-refractivity contribution is 9.11. The van der Waals surface area contributed by atoms with Gasteiger partial charge in [0, 0.05) is 5.56 Å². The van der Waals surface area contributed by atoms with Crippen LogP contribution in [0.3, 0.4) is 0 Å². The minimum absolute atomic E-state index is 0.752. The van der Waals surface area contributed by atoms with E-state index in [1.807, 2.05) is 6.07 Å². The Labute approximate surface area is 153 Å². The summed E-state index contributed by atoms with van der Waals surface area (Å²) >= 11 is 11.9. The second-order valence-corrected chi connectivity index (χ2v) is 8.82. The third kappa shape index (κ3) is 2.77. The van der Waals surface area contributed by atoms with Gasteiger partial charge in [0.05, 0.1) is 30.8 Å². The Balaban J connectivity index is 1.97. The predicted molar refractivity (Wildman–Crippen MR) is 101 cm³/mol. The van der Waals surface area contributed by atoms with Gasteiger partial charge in [-0.2, -0.15) is 5.10 Å². The highest BCUT2D eigenvalue weighted by Crippen LogP contribution is 2.39. The van der Waals surface area contributed by atoms with Crippen LogP contribution in [0.15, 0.2) is 34.1 Å². The number of nitrogens with zero attached hydrogens (tertiary/aromatic N) is 2. The van der Waals surface area contributed by atoms with Crippen LogP contribution < -0.4 is 0 Å². The van der Waals surface area contributed by atoms with Gasteiger partial charge in [-0.25, -0.2) is 4.68 Å². The molecule has 4 rings (SSSR count). The van der Waals surface area contributed by atoms with Gasteiger partial charge in [-0.05, 0) is 78.4 Å². The van der Waals surface area contributed by atoms with Crippen LogP contribution in [0.5, 0.6) is 0 Å². The first-order valence-electron chi connectivity index (χ1n) is 7.76. The lowest BCUT2D eigenvalue weighted by Gasteiger charge is -2.12. The highest BCUT2D eigenvalue weighted by Gasteiger charge is 2.24. The molecule has 0 saturated heterocycles. The molecule has 1 aliphatic rings. The topological polar surface area (TPSA) is 17.8 Å². The van der Waals surface area contributed by atoms with Gasteiger partial charge in [-0.15, -0.1) is 11.3 Å². The van der Waals surface area contributed by atoms with E-state index < -0.39 is 0 Å². The van der Waals surface area contributed by atoms with E-state index in [1.54, 1.807) is 11.3 Å². The zero-order valence-electron chi connectivity index (χ0n) is 12.8. The van der Waals surface area contributed by atoms with Crippen LogP contribution in [-0.2, 0) is 12.8 Å². The standard InChI is InChI=1S/C18H16BrClN2S/c1-11-6-7-15(13(20)10-11)22-18(16-8-9-17(19)23-16)12-4-2-3-5-14(12)21-22/h6-10H,2-5H2,1H3. The molecule has 2 aromatic heterocycles. The van der Waals surface area contributed by atoms with Crippen molar-refractivity contribution in [1.82, 2.24) is 9.78 Å². The van der Waals surface area contributed by atoms with E-state index in [2.05, 4.69) is 51.8 Å². The third-order valence-corrected chi connectivity index (χ3v) is 6.23. The number of rotatable bonds is 2. The lowest BCUT2D eigenvalue weighted by atomic mass is 9.95. The zero-order chi connectivity index (χ0) is 16.0. The van der Waals surface area contributed by atoms with Crippen molar-refractivity contribution in [2.45, 2.75) is 32.6 Å². The summed E-state index contributed by atoms with van der Waals surface area (Å²) in [6.45, 7) is 2.06. The van der Waals surface area contributed by atoms with Crippen LogP contribution in [0.25, 0.3) is 16.3 Å². The summed E-state index contributed by atoms with van der Waals surface area (Å²) in [6, 6.07) is 10.4. The summed E-state index contributed by atoms with van der Waals surface area (Å²) in [5.41, 5.74) is 5.96. The van der Waals surface area contributed by atoms with Crippen LogP contribution in [0.2, 0.25) is 5.02 Å². The lowest BCUT2D eigenvalue weighted by molar-refractivity contribution is 0.671. The Morgan fingerprint density at radius 1 is 1.17 bits per heavy atom. The average molecular weight is 408 g/mol. The Kier molecular flexibility index (Phi) is 4.08. The minimum Gasteiger partial charge on any atom is -0.230 e. The molecule has 3 aromatic rings. The van der Waals surface area contributed by atoms with Crippen LogP contribution in [0, 0.1) is 6.92 Å². The number of hydrogen-bond acceptors (Lipinski definition) is 2. The molecule has 0 fully saturated rings. The third-order valence-electron chi connectivity index (χ3n) is 4.30. The fraction of sp³-hybridized carbons (Fsp3) is 0.278. The zero-order valence-corrected chi connectivity index (χ0v) is 15.9. The molecule has 0 unspecified atom stereocenters. The number of fused-ring (bicyclic) bond motifs is 1. The smallest absolute Gasteiger partial charge is 0.0876 e. The fourth-order valence-electron chi connectivity index (χ4n) is 3.21. The Morgan fingerprint density at radius 2 is 2.00 bits per heavy atom. The molecule has 0 aliphatic heterocycles. The molecule has 5 heteroatoms. The molecule has 1 aliphatic carbocycles. The van der Waals surface area contributed by atoms with Crippen LogP contribution in [-0.4, -0.2) is 9.78 Å². The summed E-state index contributed by atoms with van der Waals surface area (Å²) < 4.78 is 3.19. The van der Waals surface area contributed by atoms with Gasteiger partial charge in [-0.3, -0.25) is 0 Å².